The van der Waals surface area contributed by atoms with E-state index in [4.69, 9.17) is 4.42 Å². The molecule has 18 heavy (non-hydrogen) atoms. The number of rotatable bonds is 3. The van der Waals surface area contributed by atoms with Crippen LogP contribution in [0.1, 0.15) is 36.5 Å². The highest BCUT2D eigenvalue weighted by Crippen LogP contribution is 2.29. The number of hydrogen-bond acceptors (Lipinski definition) is 2. The molecular weight excluding hydrogens is 226 g/mol. The molecule has 0 atom stereocenters. The minimum Gasteiger partial charge on any atom is -0.464 e. The first-order chi connectivity index (χ1) is 8.52. The number of benzene rings is 1. The Morgan fingerprint density at radius 3 is 2.72 bits per heavy atom. The minimum atomic E-state index is 0.00405. The number of fused-ring (bicyclic) bond motifs is 1. The zero-order valence-electron chi connectivity index (χ0n) is 11.3. The van der Waals surface area contributed by atoms with E-state index in [0.29, 0.717) is 12.3 Å². The zero-order valence-corrected chi connectivity index (χ0v) is 11.3. The maximum absolute atomic E-state index is 11.5. The van der Waals surface area contributed by atoms with Crippen molar-refractivity contribution in [2.45, 2.75) is 33.1 Å². The maximum Gasteiger partial charge on any atom is 0.224 e. The molecule has 0 saturated carbocycles. The van der Waals surface area contributed by atoms with Gasteiger partial charge >= 0.3 is 0 Å². The topological polar surface area (TPSA) is 42.2 Å². The summed E-state index contributed by atoms with van der Waals surface area (Å²) in [4.78, 5) is 11.5. The summed E-state index contributed by atoms with van der Waals surface area (Å²) in [5.74, 6) is 0.474. The van der Waals surface area contributed by atoms with E-state index in [1.807, 2.05) is 0 Å². The molecule has 0 aliphatic heterocycles. The Labute approximate surface area is 107 Å². The normalized spacial score (nSPS) is 11.2. The van der Waals surface area contributed by atoms with Crippen molar-refractivity contribution < 1.29 is 9.21 Å². The largest absolute Gasteiger partial charge is 0.464 e. The van der Waals surface area contributed by atoms with Crippen LogP contribution in [0.3, 0.4) is 0 Å². The van der Waals surface area contributed by atoms with Gasteiger partial charge in [0.25, 0.3) is 0 Å². The van der Waals surface area contributed by atoms with Crippen LogP contribution in [0.4, 0.5) is 0 Å². The van der Waals surface area contributed by atoms with E-state index >= 15 is 0 Å². The van der Waals surface area contributed by atoms with Gasteiger partial charge in [-0.1, -0.05) is 13.8 Å². The van der Waals surface area contributed by atoms with E-state index in [2.05, 4.69) is 38.2 Å². The second kappa shape index (κ2) is 4.84. The first-order valence-electron chi connectivity index (χ1n) is 6.24. The molecule has 0 spiro atoms. The Hall–Kier alpha value is -1.77. The number of hydrogen-bond donors (Lipinski definition) is 1. The molecule has 0 radical (unpaired) electrons. The highest BCUT2D eigenvalue weighted by Gasteiger charge is 2.13. The van der Waals surface area contributed by atoms with Crippen molar-refractivity contribution in [3.63, 3.8) is 0 Å². The van der Waals surface area contributed by atoms with Crippen molar-refractivity contribution in [2.24, 2.45) is 0 Å². The standard InChI is InChI=1S/C15H19NO2/c1-9(2)12-7-13-11(6-15(17)16-4)8-18-14(13)5-10(12)3/h5,7-9H,6H2,1-4H3,(H,16,17). The third-order valence-corrected chi connectivity index (χ3v) is 3.29. The van der Waals surface area contributed by atoms with Crippen LogP contribution in [0.25, 0.3) is 11.0 Å². The summed E-state index contributed by atoms with van der Waals surface area (Å²) >= 11 is 0. The number of aryl methyl sites for hydroxylation is 1. The van der Waals surface area contributed by atoms with Gasteiger partial charge in [0.2, 0.25) is 5.91 Å². The summed E-state index contributed by atoms with van der Waals surface area (Å²) in [5.41, 5.74) is 4.35. The summed E-state index contributed by atoms with van der Waals surface area (Å²) in [7, 11) is 1.65. The molecule has 0 unspecified atom stereocenters. The average molecular weight is 245 g/mol. The van der Waals surface area contributed by atoms with Crippen molar-refractivity contribution in [1.29, 1.82) is 0 Å². The van der Waals surface area contributed by atoms with Crippen LogP contribution in [0.15, 0.2) is 22.8 Å². The summed E-state index contributed by atoms with van der Waals surface area (Å²) < 4.78 is 5.53. The Balaban J connectivity index is 2.50. The van der Waals surface area contributed by atoms with E-state index in [1.165, 1.54) is 11.1 Å². The lowest BCUT2D eigenvalue weighted by Gasteiger charge is -2.09. The van der Waals surface area contributed by atoms with Crippen molar-refractivity contribution in [3.8, 4) is 0 Å². The molecule has 0 bridgehead atoms. The van der Waals surface area contributed by atoms with Gasteiger partial charge in [0, 0.05) is 18.0 Å². The summed E-state index contributed by atoms with van der Waals surface area (Å²) in [6.45, 7) is 6.44. The van der Waals surface area contributed by atoms with Crippen LogP contribution in [0, 0.1) is 6.92 Å². The number of nitrogens with one attached hydrogen (secondary N) is 1. The first-order valence-corrected chi connectivity index (χ1v) is 6.24. The van der Waals surface area contributed by atoms with Crippen LogP contribution in [-0.2, 0) is 11.2 Å². The number of carbonyl (C=O) groups is 1. The van der Waals surface area contributed by atoms with Gasteiger partial charge in [0.1, 0.15) is 5.58 Å². The fraction of sp³-hybridized carbons (Fsp3) is 0.400. The monoisotopic (exact) mass is 245 g/mol. The van der Waals surface area contributed by atoms with E-state index in [9.17, 15) is 4.79 Å². The number of carbonyl (C=O) groups excluding carboxylic acids is 1. The third-order valence-electron chi connectivity index (χ3n) is 3.29. The highest BCUT2D eigenvalue weighted by atomic mass is 16.3. The predicted octanol–water partition coefficient (Wildman–Crippen LogP) is 3.15. The van der Waals surface area contributed by atoms with Gasteiger partial charge in [-0.2, -0.15) is 0 Å². The molecule has 0 fully saturated rings. The molecule has 1 aromatic carbocycles. The SMILES string of the molecule is CNC(=O)Cc1coc2cc(C)c(C(C)C)cc12. The zero-order chi connectivity index (χ0) is 13.3. The molecule has 96 valence electrons. The van der Waals surface area contributed by atoms with Crippen molar-refractivity contribution in [1.82, 2.24) is 5.32 Å². The fourth-order valence-corrected chi connectivity index (χ4v) is 2.27. The van der Waals surface area contributed by atoms with Gasteiger partial charge in [-0.3, -0.25) is 4.79 Å². The Bertz CT molecular complexity index is 581. The molecule has 3 nitrogen and oxygen atoms in total. The molecule has 2 aromatic rings. The van der Waals surface area contributed by atoms with Gasteiger partial charge in [-0.25, -0.2) is 0 Å². The number of furan rings is 1. The van der Waals surface area contributed by atoms with E-state index < -0.39 is 0 Å². The number of likely N-dealkylation sites (N-methyl/N-ethyl adjacent to an activating group) is 1. The quantitative estimate of drug-likeness (QED) is 0.902. The molecule has 1 heterocycles. The third kappa shape index (κ3) is 2.26. The lowest BCUT2D eigenvalue weighted by molar-refractivity contribution is -0.119. The highest BCUT2D eigenvalue weighted by molar-refractivity contribution is 5.88. The molecule has 1 N–H and O–H groups in total. The number of amides is 1. The lowest BCUT2D eigenvalue weighted by Crippen LogP contribution is -2.19. The molecular formula is C15H19NO2. The summed E-state index contributed by atoms with van der Waals surface area (Å²) in [5, 5.41) is 3.69. The van der Waals surface area contributed by atoms with Crippen LogP contribution in [-0.4, -0.2) is 13.0 Å². The van der Waals surface area contributed by atoms with Gasteiger partial charge in [-0.15, -0.1) is 0 Å². The Morgan fingerprint density at radius 1 is 1.39 bits per heavy atom. The molecule has 0 aliphatic rings. The molecule has 0 aliphatic carbocycles. The first kappa shape index (κ1) is 12.7. The maximum atomic E-state index is 11.5. The average Bonchev–Trinajstić information content (AvgIpc) is 2.70. The van der Waals surface area contributed by atoms with Crippen LogP contribution in [0.2, 0.25) is 0 Å². The van der Waals surface area contributed by atoms with E-state index in [1.54, 1.807) is 13.3 Å². The van der Waals surface area contributed by atoms with E-state index in [-0.39, 0.29) is 5.91 Å². The minimum absolute atomic E-state index is 0.00405. The van der Waals surface area contributed by atoms with Crippen molar-refractivity contribution in [3.05, 3.63) is 35.1 Å². The predicted molar refractivity (Wildman–Crippen MR) is 72.8 cm³/mol. The van der Waals surface area contributed by atoms with Gasteiger partial charge < -0.3 is 9.73 Å². The summed E-state index contributed by atoms with van der Waals surface area (Å²) in [6, 6.07) is 4.20. The van der Waals surface area contributed by atoms with Crippen molar-refractivity contribution in [2.75, 3.05) is 7.05 Å². The second-order valence-corrected chi connectivity index (χ2v) is 4.97. The fourth-order valence-electron chi connectivity index (χ4n) is 2.27. The molecule has 0 saturated heterocycles. The second-order valence-electron chi connectivity index (χ2n) is 4.97. The molecule has 3 heteroatoms. The van der Waals surface area contributed by atoms with Gasteiger partial charge in [0.05, 0.1) is 12.7 Å². The van der Waals surface area contributed by atoms with Crippen LogP contribution >= 0.6 is 0 Å². The smallest absolute Gasteiger partial charge is 0.224 e. The summed E-state index contributed by atoms with van der Waals surface area (Å²) in [6.07, 6.45) is 2.05. The van der Waals surface area contributed by atoms with Gasteiger partial charge in [0.15, 0.2) is 0 Å². The Kier molecular flexibility index (Phi) is 3.41. The van der Waals surface area contributed by atoms with Crippen molar-refractivity contribution >= 4 is 16.9 Å². The molecule has 1 amide bonds. The van der Waals surface area contributed by atoms with Crippen LogP contribution < -0.4 is 5.32 Å². The van der Waals surface area contributed by atoms with Crippen LogP contribution in [0.5, 0.6) is 0 Å². The lowest BCUT2D eigenvalue weighted by atomic mass is 9.95. The molecule has 2 rings (SSSR count). The van der Waals surface area contributed by atoms with E-state index in [0.717, 1.165) is 16.5 Å². The Morgan fingerprint density at radius 2 is 2.11 bits per heavy atom. The molecule has 1 aromatic heterocycles. The van der Waals surface area contributed by atoms with Gasteiger partial charge in [-0.05, 0) is 36.1 Å².